The van der Waals surface area contributed by atoms with Crippen LogP contribution in [-0.4, -0.2) is 48.2 Å². The van der Waals surface area contributed by atoms with E-state index in [1.165, 1.54) is 4.90 Å². The van der Waals surface area contributed by atoms with Gasteiger partial charge < -0.3 is 15.2 Å². The van der Waals surface area contributed by atoms with Crippen molar-refractivity contribution in [2.75, 3.05) is 18.1 Å². The molecule has 3 rings (SSSR count). The number of anilines is 1. The Hall–Kier alpha value is -3.19. The maximum Gasteiger partial charge on any atom is 0.364 e. The molecule has 1 aliphatic rings. The molecule has 2 aromatic carbocycles. The van der Waals surface area contributed by atoms with E-state index in [-0.39, 0.29) is 18.5 Å². The molecule has 2 aromatic rings. The fourth-order valence-electron chi connectivity index (χ4n) is 4.01. The van der Waals surface area contributed by atoms with Gasteiger partial charge in [-0.3, -0.25) is 14.5 Å². The average Bonchev–Trinajstić information content (AvgIpc) is 2.89. The van der Waals surface area contributed by atoms with Crippen LogP contribution in [0.3, 0.4) is 0 Å². The molecule has 0 radical (unpaired) electrons. The van der Waals surface area contributed by atoms with E-state index < -0.39 is 24.6 Å². The fourth-order valence-corrected chi connectivity index (χ4v) is 4.01. The highest BCUT2D eigenvalue weighted by molar-refractivity contribution is 6.01. The Kier molecular flexibility index (Phi) is 7.78. The summed E-state index contributed by atoms with van der Waals surface area (Å²) in [6.45, 7) is 1.62. The normalized spacial score (nSPS) is 16.9. The number of para-hydroxylation sites is 1. The number of hydrogen-bond acceptors (Lipinski definition) is 4. The minimum atomic E-state index is -1.07. The number of hydrogen-bond donors (Lipinski definition) is 2. The topological polar surface area (TPSA) is 101 Å². The molecule has 0 fully saturated rings. The van der Waals surface area contributed by atoms with Crippen LogP contribution in [0.1, 0.15) is 30.9 Å². The molecule has 1 heterocycles. The standard InChI is InChI=1S/C24H28N2O5/c1-2-31-24(30)20(14-12-17-8-4-3-5-9-17)25-19-15-13-18-10-6-7-11-21(18)26(23(19)29)16-22(27)28/h3-11,19-20,25H,2,12-16H2,1H3,(H,27,28)/p+1/t19-,20-/m0/s1. The summed E-state index contributed by atoms with van der Waals surface area (Å²) in [7, 11) is 0. The van der Waals surface area contributed by atoms with Gasteiger partial charge in [0.25, 0.3) is 5.91 Å². The first-order valence-electron chi connectivity index (χ1n) is 10.7. The number of carbonyl (C=O) groups is 3. The number of aryl methyl sites for hydroxylation is 2. The van der Waals surface area contributed by atoms with E-state index in [2.05, 4.69) is 0 Å². The van der Waals surface area contributed by atoms with Gasteiger partial charge in [-0.2, -0.15) is 0 Å². The first-order valence-corrected chi connectivity index (χ1v) is 10.7. The van der Waals surface area contributed by atoms with Gasteiger partial charge in [-0.15, -0.1) is 0 Å². The molecule has 0 unspecified atom stereocenters. The van der Waals surface area contributed by atoms with Gasteiger partial charge in [0.05, 0.1) is 6.61 Å². The second-order valence-electron chi connectivity index (χ2n) is 7.67. The van der Waals surface area contributed by atoms with Crippen molar-refractivity contribution in [3.63, 3.8) is 0 Å². The third-order valence-corrected chi connectivity index (χ3v) is 5.52. The quantitative estimate of drug-likeness (QED) is 0.594. The molecule has 1 aliphatic heterocycles. The highest BCUT2D eigenvalue weighted by Gasteiger charge is 2.37. The Morgan fingerprint density at radius 3 is 2.58 bits per heavy atom. The summed E-state index contributed by atoms with van der Waals surface area (Å²) in [5, 5.41) is 11.1. The lowest BCUT2D eigenvalue weighted by Gasteiger charge is -2.25. The third kappa shape index (κ3) is 5.92. The van der Waals surface area contributed by atoms with Crippen LogP contribution in [0, 0.1) is 0 Å². The minimum Gasteiger partial charge on any atom is -0.480 e. The zero-order valence-corrected chi connectivity index (χ0v) is 17.7. The molecule has 2 atom stereocenters. The molecule has 0 saturated carbocycles. The summed E-state index contributed by atoms with van der Waals surface area (Å²) in [5.74, 6) is -1.71. The minimum absolute atomic E-state index is 0.268. The Balaban J connectivity index is 1.79. The van der Waals surface area contributed by atoms with Gasteiger partial charge in [0.15, 0.2) is 12.1 Å². The number of rotatable bonds is 9. The molecule has 0 spiro atoms. The molecule has 3 N–H and O–H groups in total. The van der Waals surface area contributed by atoms with Gasteiger partial charge in [-0.25, -0.2) is 4.79 Å². The predicted octanol–water partition coefficient (Wildman–Crippen LogP) is 1.55. The summed E-state index contributed by atoms with van der Waals surface area (Å²) >= 11 is 0. The predicted molar refractivity (Wildman–Crippen MR) is 116 cm³/mol. The fraction of sp³-hybridized carbons (Fsp3) is 0.375. The summed E-state index contributed by atoms with van der Waals surface area (Å²) in [4.78, 5) is 38.7. The van der Waals surface area contributed by atoms with E-state index in [9.17, 15) is 19.5 Å². The number of quaternary nitrogens is 1. The van der Waals surface area contributed by atoms with Crippen molar-refractivity contribution < 1.29 is 29.5 Å². The first kappa shape index (κ1) is 22.5. The number of ether oxygens (including phenoxy) is 1. The molecular formula is C24H29N2O5+. The lowest BCUT2D eigenvalue weighted by Crippen LogP contribution is -2.98. The molecule has 0 aliphatic carbocycles. The third-order valence-electron chi connectivity index (χ3n) is 5.52. The monoisotopic (exact) mass is 425 g/mol. The van der Waals surface area contributed by atoms with Crippen molar-refractivity contribution in [1.82, 2.24) is 0 Å². The zero-order chi connectivity index (χ0) is 22.2. The molecule has 7 nitrogen and oxygen atoms in total. The van der Waals surface area contributed by atoms with Gasteiger partial charge >= 0.3 is 11.9 Å². The van der Waals surface area contributed by atoms with Crippen LogP contribution in [0.2, 0.25) is 0 Å². The van der Waals surface area contributed by atoms with Crippen LogP contribution in [-0.2, 0) is 32.0 Å². The number of aliphatic carboxylic acids is 1. The van der Waals surface area contributed by atoms with E-state index >= 15 is 0 Å². The molecule has 0 saturated heterocycles. The number of carbonyl (C=O) groups excluding carboxylic acids is 2. The van der Waals surface area contributed by atoms with Crippen molar-refractivity contribution >= 4 is 23.5 Å². The van der Waals surface area contributed by atoms with Gasteiger partial charge in [0.1, 0.15) is 6.54 Å². The van der Waals surface area contributed by atoms with Crippen LogP contribution >= 0.6 is 0 Å². The second-order valence-corrected chi connectivity index (χ2v) is 7.67. The van der Waals surface area contributed by atoms with Crippen molar-refractivity contribution in [1.29, 1.82) is 0 Å². The van der Waals surface area contributed by atoms with Crippen molar-refractivity contribution in [2.45, 2.75) is 44.7 Å². The lowest BCUT2D eigenvalue weighted by atomic mass is 10.0. The molecule has 0 aromatic heterocycles. The van der Waals surface area contributed by atoms with Crippen LogP contribution < -0.4 is 10.2 Å². The van der Waals surface area contributed by atoms with E-state index in [4.69, 9.17) is 4.74 Å². The number of carboxylic acids is 1. The Labute approximate surface area is 182 Å². The molecule has 0 bridgehead atoms. The summed E-state index contributed by atoms with van der Waals surface area (Å²) < 4.78 is 5.26. The van der Waals surface area contributed by atoms with E-state index in [0.717, 1.165) is 11.1 Å². The second kappa shape index (κ2) is 10.7. The number of benzene rings is 2. The maximum absolute atomic E-state index is 13.3. The number of esters is 1. The van der Waals surface area contributed by atoms with Crippen LogP contribution in [0.25, 0.3) is 0 Å². The highest BCUT2D eigenvalue weighted by Crippen LogP contribution is 2.26. The first-order chi connectivity index (χ1) is 15.0. The molecule has 31 heavy (non-hydrogen) atoms. The van der Waals surface area contributed by atoms with Crippen molar-refractivity contribution in [3.8, 4) is 0 Å². The maximum atomic E-state index is 13.3. The molecule has 7 heteroatoms. The SMILES string of the molecule is CCOC(=O)[C@H](CCc1ccccc1)[NH2+][C@H]1CCc2ccccc2N(CC(=O)O)C1=O. The number of amides is 1. The van der Waals surface area contributed by atoms with E-state index in [1.807, 2.05) is 42.5 Å². The Morgan fingerprint density at radius 1 is 1.16 bits per heavy atom. The van der Waals surface area contributed by atoms with Crippen LogP contribution in [0.5, 0.6) is 0 Å². The van der Waals surface area contributed by atoms with Gasteiger partial charge in [0.2, 0.25) is 0 Å². The van der Waals surface area contributed by atoms with E-state index in [0.29, 0.717) is 31.4 Å². The van der Waals surface area contributed by atoms with Crippen LogP contribution in [0.4, 0.5) is 5.69 Å². The van der Waals surface area contributed by atoms with Crippen molar-refractivity contribution in [2.24, 2.45) is 0 Å². The lowest BCUT2D eigenvalue weighted by molar-refractivity contribution is -0.699. The largest absolute Gasteiger partial charge is 0.480 e. The average molecular weight is 426 g/mol. The van der Waals surface area contributed by atoms with Gasteiger partial charge in [-0.1, -0.05) is 48.5 Å². The summed E-state index contributed by atoms with van der Waals surface area (Å²) in [6, 6.07) is 16.1. The number of carboxylic acid groups (broad SMARTS) is 1. The Bertz CT molecular complexity index is 915. The molecule has 1 amide bonds. The Morgan fingerprint density at radius 2 is 1.87 bits per heavy atom. The molecular weight excluding hydrogens is 396 g/mol. The summed E-state index contributed by atoms with van der Waals surface area (Å²) in [5.41, 5.74) is 2.67. The smallest absolute Gasteiger partial charge is 0.364 e. The van der Waals surface area contributed by atoms with E-state index in [1.54, 1.807) is 24.4 Å². The number of nitrogens with zero attached hydrogens (tertiary/aromatic N) is 1. The number of nitrogens with two attached hydrogens (primary N) is 1. The zero-order valence-electron chi connectivity index (χ0n) is 17.7. The van der Waals surface area contributed by atoms with Gasteiger partial charge in [0, 0.05) is 18.5 Å². The number of fused-ring (bicyclic) bond motifs is 1. The van der Waals surface area contributed by atoms with Gasteiger partial charge in [-0.05, 0) is 37.0 Å². The van der Waals surface area contributed by atoms with Crippen LogP contribution in [0.15, 0.2) is 54.6 Å². The van der Waals surface area contributed by atoms with Crippen molar-refractivity contribution in [3.05, 3.63) is 65.7 Å². The molecule has 164 valence electrons. The summed E-state index contributed by atoms with van der Waals surface area (Å²) in [6.07, 6.45) is 2.36. The highest BCUT2D eigenvalue weighted by atomic mass is 16.5.